The molecule has 5 nitrogen and oxygen atoms in total. The third-order valence-electron chi connectivity index (χ3n) is 4.91. The van der Waals surface area contributed by atoms with Crippen LogP contribution in [-0.2, 0) is 9.59 Å². The third kappa shape index (κ3) is 6.66. The van der Waals surface area contributed by atoms with Gasteiger partial charge >= 0.3 is 0 Å². The van der Waals surface area contributed by atoms with E-state index >= 15 is 0 Å². The molecule has 1 unspecified atom stereocenters. The molecule has 0 radical (unpaired) electrons. The van der Waals surface area contributed by atoms with Crippen LogP contribution in [0.15, 0.2) is 18.2 Å². The molecule has 1 aliphatic heterocycles. The van der Waals surface area contributed by atoms with E-state index < -0.39 is 5.82 Å². The van der Waals surface area contributed by atoms with Crippen molar-refractivity contribution in [3.05, 3.63) is 24.0 Å². The Morgan fingerprint density at radius 2 is 1.96 bits per heavy atom. The Morgan fingerprint density at radius 3 is 2.67 bits per heavy atom. The van der Waals surface area contributed by atoms with Crippen LogP contribution in [0.1, 0.15) is 38.5 Å². The Morgan fingerprint density at radius 1 is 1.19 bits per heavy atom. The van der Waals surface area contributed by atoms with Crippen molar-refractivity contribution < 1.29 is 14.0 Å². The molecular formula is C19H27ClFN3O2S. The molecule has 1 saturated carbocycles. The quantitative estimate of drug-likeness (QED) is 0.684. The van der Waals surface area contributed by atoms with Gasteiger partial charge in [-0.05, 0) is 31.0 Å². The number of rotatable bonds is 5. The lowest BCUT2D eigenvalue weighted by atomic mass is 9.88. The summed E-state index contributed by atoms with van der Waals surface area (Å²) in [5, 5.41) is 8.82. The molecule has 1 aliphatic carbocycles. The maximum atomic E-state index is 14.1. The highest BCUT2D eigenvalue weighted by Gasteiger charge is 2.22. The zero-order valence-corrected chi connectivity index (χ0v) is 16.9. The highest BCUT2D eigenvalue weighted by atomic mass is 35.5. The lowest BCUT2D eigenvalue weighted by Gasteiger charge is -2.22. The first-order valence-corrected chi connectivity index (χ1v) is 10.5. The van der Waals surface area contributed by atoms with E-state index in [9.17, 15) is 14.0 Å². The lowest BCUT2D eigenvalue weighted by molar-refractivity contribution is -0.120. The Bertz CT molecular complexity index is 650. The number of nitrogens with one attached hydrogen (secondary N) is 3. The summed E-state index contributed by atoms with van der Waals surface area (Å²) in [6.45, 7) is 0.913. The van der Waals surface area contributed by atoms with Crippen molar-refractivity contribution >= 4 is 47.4 Å². The zero-order valence-electron chi connectivity index (χ0n) is 15.3. The molecule has 1 saturated heterocycles. The number of hydrogen-bond donors (Lipinski definition) is 3. The molecule has 0 spiro atoms. The second kappa shape index (κ2) is 10.9. The Labute approximate surface area is 170 Å². The van der Waals surface area contributed by atoms with Gasteiger partial charge < -0.3 is 16.0 Å². The van der Waals surface area contributed by atoms with Gasteiger partial charge in [-0.3, -0.25) is 9.59 Å². The van der Waals surface area contributed by atoms with Gasteiger partial charge in [0.05, 0.1) is 5.69 Å². The minimum absolute atomic E-state index is 0. The molecule has 2 fully saturated rings. The van der Waals surface area contributed by atoms with E-state index in [-0.39, 0.29) is 41.9 Å². The van der Waals surface area contributed by atoms with Crippen LogP contribution in [0.4, 0.5) is 15.8 Å². The second-order valence-corrected chi connectivity index (χ2v) is 8.15. The highest BCUT2D eigenvalue weighted by molar-refractivity contribution is 7.99. The fraction of sp³-hybridized carbons (Fsp3) is 0.579. The van der Waals surface area contributed by atoms with E-state index in [4.69, 9.17) is 0 Å². The summed E-state index contributed by atoms with van der Waals surface area (Å²) in [7, 11) is 0. The van der Waals surface area contributed by atoms with Crippen LogP contribution in [0, 0.1) is 11.7 Å². The molecular weight excluding hydrogens is 389 g/mol. The van der Waals surface area contributed by atoms with Gasteiger partial charge in [0.2, 0.25) is 11.8 Å². The molecule has 8 heteroatoms. The first kappa shape index (κ1) is 22.0. The standard InChI is InChI=1S/C19H26FN3O2S.ClH/c20-16-7-6-14(22-18(24)11-15-12-26-9-8-21-15)10-17(16)23-19(25)13-4-2-1-3-5-13;/h6-7,10,13,15,21H,1-5,8-9,11-12H2,(H,22,24)(H,23,25);1H. The van der Waals surface area contributed by atoms with Crippen molar-refractivity contribution in [2.24, 2.45) is 5.92 Å². The Kier molecular flexibility index (Phi) is 8.86. The Balaban J connectivity index is 0.00000261. The predicted molar refractivity (Wildman–Crippen MR) is 111 cm³/mol. The Hall–Kier alpha value is -1.31. The topological polar surface area (TPSA) is 70.2 Å². The molecule has 0 bridgehead atoms. The van der Waals surface area contributed by atoms with Gasteiger partial charge in [-0.25, -0.2) is 4.39 Å². The van der Waals surface area contributed by atoms with Crippen LogP contribution in [0.3, 0.4) is 0 Å². The van der Waals surface area contributed by atoms with E-state index in [1.165, 1.54) is 18.2 Å². The molecule has 1 aromatic rings. The summed E-state index contributed by atoms with van der Waals surface area (Å²) in [6.07, 6.45) is 5.35. The van der Waals surface area contributed by atoms with E-state index in [1.54, 1.807) is 0 Å². The van der Waals surface area contributed by atoms with Gasteiger partial charge in [0, 0.05) is 42.1 Å². The van der Waals surface area contributed by atoms with Crippen molar-refractivity contribution in [2.45, 2.75) is 44.6 Å². The third-order valence-corrected chi connectivity index (χ3v) is 6.05. The lowest BCUT2D eigenvalue weighted by Crippen LogP contribution is -2.39. The van der Waals surface area contributed by atoms with Gasteiger partial charge in [-0.1, -0.05) is 19.3 Å². The van der Waals surface area contributed by atoms with Crippen molar-refractivity contribution in [1.82, 2.24) is 5.32 Å². The van der Waals surface area contributed by atoms with Crippen molar-refractivity contribution in [3.8, 4) is 0 Å². The molecule has 0 aromatic heterocycles. The average molecular weight is 416 g/mol. The van der Waals surface area contributed by atoms with Gasteiger partial charge in [0.25, 0.3) is 0 Å². The second-order valence-electron chi connectivity index (χ2n) is 7.00. The predicted octanol–water partition coefficient (Wildman–Crippen LogP) is 3.80. The molecule has 27 heavy (non-hydrogen) atoms. The summed E-state index contributed by atoms with van der Waals surface area (Å²) in [6, 6.07) is 4.46. The summed E-state index contributed by atoms with van der Waals surface area (Å²) >= 11 is 1.84. The minimum Gasteiger partial charge on any atom is -0.326 e. The van der Waals surface area contributed by atoms with Crippen LogP contribution in [0.5, 0.6) is 0 Å². The number of halogens is 2. The maximum Gasteiger partial charge on any atom is 0.227 e. The van der Waals surface area contributed by atoms with Crippen molar-refractivity contribution in [1.29, 1.82) is 0 Å². The van der Waals surface area contributed by atoms with E-state index in [0.29, 0.717) is 12.1 Å². The summed E-state index contributed by atoms with van der Waals surface area (Å²) in [4.78, 5) is 24.5. The van der Waals surface area contributed by atoms with Crippen LogP contribution in [0.2, 0.25) is 0 Å². The first-order valence-electron chi connectivity index (χ1n) is 9.33. The normalized spacial score (nSPS) is 20.4. The molecule has 1 aromatic carbocycles. The molecule has 3 N–H and O–H groups in total. The van der Waals surface area contributed by atoms with Crippen LogP contribution < -0.4 is 16.0 Å². The highest BCUT2D eigenvalue weighted by Crippen LogP contribution is 2.26. The fourth-order valence-corrected chi connectivity index (χ4v) is 4.43. The number of thioether (sulfide) groups is 1. The number of carbonyl (C=O) groups is 2. The number of anilines is 2. The van der Waals surface area contributed by atoms with Crippen LogP contribution >= 0.6 is 24.2 Å². The monoisotopic (exact) mass is 415 g/mol. The average Bonchev–Trinajstić information content (AvgIpc) is 2.66. The number of benzene rings is 1. The van der Waals surface area contributed by atoms with Crippen LogP contribution in [0.25, 0.3) is 0 Å². The number of amides is 2. The minimum atomic E-state index is -0.488. The molecule has 150 valence electrons. The summed E-state index contributed by atoms with van der Waals surface area (Å²) < 4.78 is 14.1. The molecule has 1 heterocycles. The van der Waals surface area contributed by atoms with E-state index in [1.807, 2.05) is 11.8 Å². The maximum absolute atomic E-state index is 14.1. The molecule has 2 aliphatic rings. The van der Waals surface area contributed by atoms with Crippen molar-refractivity contribution in [3.63, 3.8) is 0 Å². The van der Waals surface area contributed by atoms with Gasteiger partial charge in [-0.15, -0.1) is 12.4 Å². The largest absolute Gasteiger partial charge is 0.326 e. The SMILES string of the molecule is Cl.O=C(CC1CSCCN1)Nc1ccc(F)c(NC(=O)C2CCCCC2)c1. The van der Waals surface area contributed by atoms with E-state index in [2.05, 4.69) is 16.0 Å². The number of hydrogen-bond acceptors (Lipinski definition) is 4. The first-order chi connectivity index (χ1) is 12.6. The summed E-state index contributed by atoms with van der Waals surface area (Å²) in [5.74, 6) is 1.21. The molecule has 1 atom stereocenters. The molecule has 3 rings (SSSR count). The fourth-order valence-electron chi connectivity index (χ4n) is 3.49. The molecule has 2 amide bonds. The zero-order chi connectivity index (χ0) is 18.4. The van der Waals surface area contributed by atoms with E-state index in [0.717, 1.165) is 50.2 Å². The van der Waals surface area contributed by atoms with Gasteiger partial charge in [0.15, 0.2) is 0 Å². The van der Waals surface area contributed by atoms with Crippen molar-refractivity contribution in [2.75, 3.05) is 28.7 Å². The van der Waals surface area contributed by atoms with Crippen LogP contribution in [-0.4, -0.2) is 35.9 Å². The smallest absolute Gasteiger partial charge is 0.227 e. The van der Waals surface area contributed by atoms with Gasteiger partial charge in [-0.2, -0.15) is 11.8 Å². The number of carbonyl (C=O) groups excluding carboxylic acids is 2. The van der Waals surface area contributed by atoms with Gasteiger partial charge in [0.1, 0.15) is 5.82 Å². The summed E-state index contributed by atoms with van der Waals surface area (Å²) in [5.41, 5.74) is 0.628.